The summed E-state index contributed by atoms with van der Waals surface area (Å²) < 4.78 is 66.4. The van der Waals surface area contributed by atoms with Crippen molar-refractivity contribution in [2.45, 2.75) is 63.1 Å². The van der Waals surface area contributed by atoms with Gasteiger partial charge < -0.3 is 0 Å². The molecule has 0 aromatic carbocycles. The summed E-state index contributed by atoms with van der Waals surface area (Å²) in [4.78, 5) is 0. The molecule has 2 aliphatic carbocycles. The van der Waals surface area contributed by atoms with E-state index in [2.05, 4.69) is 5.10 Å². The Morgan fingerprint density at radius 2 is 1.76 bits per heavy atom. The van der Waals surface area contributed by atoms with Gasteiger partial charge in [-0.3, -0.25) is 4.68 Å². The average molecular weight is 308 g/mol. The normalized spacial score (nSPS) is 23.5. The van der Waals surface area contributed by atoms with Gasteiger partial charge in [-0.2, -0.15) is 18.3 Å². The summed E-state index contributed by atoms with van der Waals surface area (Å²) in [6.07, 6.45) is -1.54. The first-order valence-corrected chi connectivity index (χ1v) is 7.27. The molecule has 0 atom stereocenters. The molecule has 0 bridgehead atoms. The second-order valence-corrected chi connectivity index (χ2v) is 6.22. The molecule has 3 rings (SSSR count). The van der Waals surface area contributed by atoms with Crippen LogP contribution >= 0.6 is 0 Å². The van der Waals surface area contributed by atoms with Gasteiger partial charge in [0.25, 0.3) is 0 Å². The maximum absolute atomic E-state index is 13.1. The summed E-state index contributed by atoms with van der Waals surface area (Å²) >= 11 is 0. The minimum Gasteiger partial charge on any atom is -0.272 e. The minimum atomic E-state index is -4.39. The highest BCUT2D eigenvalue weighted by Gasteiger charge is 2.41. The molecule has 0 aliphatic heterocycles. The van der Waals surface area contributed by atoms with Crippen molar-refractivity contribution in [1.29, 1.82) is 0 Å². The zero-order valence-corrected chi connectivity index (χ0v) is 11.5. The summed E-state index contributed by atoms with van der Waals surface area (Å²) in [6, 6.07) is 0. The Bertz CT molecular complexity index is 506. The van der Waals surface area contributed by atoms with Crippen molar-refractivity contribution in [1.82, 2.24) is 9.78 Å². The molecule has 1 heterocycles. The van der Waals surface area contributed by atoms with Gasteiger partial charge in [0.05, 0.1) is 11.3 Å². The van der Waals surface area contributed by atoms with Crippen LogP contribution in [0.3, 0.4) is 0 Å². The van der Waals surface area contributed by atoms with Crippen molar-refractivity contribution < 1.29 is 22.0 Å². The third-order valence-corrected chi connectivity index (χ3v) is 4.34. The van der Waals surface area contributed by atoms with Gasteiger partial charge in [0, 0.05) is 31.5 Å². The summed E-state index contributed by atoms with van der Waals surface area (Å²) in [5.41, 5.74) is -0.533. The molecule has 2 saturated carbocycles. The summed E-state index contributed by atoms with van der Waals surface area (Å²) in [6.45, 7) is 0.297. The fraction of sp³-hybridized carbons (Fsp3) is 0.786. The number of nitrogens with zero attached hydrogens (tertiary/aromatic N) is 2. The Morgan fingerprint density at radius 3 is 2.29 bits per heavy atom. The van der Waals surface area contributed by atoms with Crippen molar-refractivity contribution >= 4 is 0 Å². The van der Waals surface area contributed by atoms with Crippen molar-refractivity contribution in [2.24, 2.45) is 5.92 Å². The van der Waals surface area contributed by atoms with E-state index in [0.29, 0.717) is 19.4 Å². The molecule has 2 aliphatic rings. The average Bonchev–Trinajstić information content (AvgIpc) is 3.12. The Balaban J connectivity index is 1.72. The number of aromatic nitrogens is 2. The van der Waals surface area contributed by atoms with E-state index in [1.54, 1.807) is 0 Å². The van der Waals surface area contributed by atoms with Crippen LogP contribution in [0.1, 0.15) is 55.7 Å². The topological polar surface area (TPSA) is 17.8 Å². The molecule has 118 valence electrons. The molecule has 7 heteroatoms. The van der Waals surface area contributed by atoms with Gasteiger partial charge in [0.1, 0.15) is 0 Å². The highest BCUT2D eigenvalue weighted by molar-refractivity contribution is 5.27. The van der Waals surface area contributed by atoms with Crippen LogP contribution in [0.25, 0.3) is 0 Å². The smallest absolute Gasteiger partial charge is 0.272 e. The molecule has 0 amide bonds. The van der Waals surface area contributed by atoms with E-state index < -0.39 is 17.7 Å². The molecular weight excluding hydrogens is 291 g/mol. The predicted molar refractivity (Wildman–Crippen MR) is 66.1 cm³/mol. The maximum Gasteiger partial charge on any atom is 0.419 e. The largest absolute Gasteiger partial charge is 0.419 e. The van der Waals surface area contributed by atoms with Crippen molar-refractivity contribution in [3.05, 3.63) is 17.5 Å². The van der Waals surface area contributed by atoms with Gasteiger partial charge in [-0.25, -0.2) is 8.78 Å². The van der Waals surface area contributed by atoms with Crippen LogP contribution in [0, 0.1) is 5.92 Å². The lowest BCUT2D eigenvalue weighted by Gasteiger charge is -2.28. The van der Waals surface area contributed by atoms with Crippen LogP contribution in [0.15, 0.2) is 6.20 Å². The standard InChI is InChI=1S/C14H17F5N2/c15-13(16)5-3-9(4-6-13)7-21-8-11(14(17,18)19)12(20-21)10-1-2-10/h8-10H,1-7H2. The Morgan fingerprint density at radius 1 is 1.14 bits per heavy atom. The van der Waals surface area contributed by atoms with E-state index in [4.69, 9.17) is 0 Å². The lowest BCUT2D eigenvalue weighted by molar-refractivity contribution is -0.138. The summed E-state index contributed by atoms with van der Waals surface area (Å²) in [7, 11) is 0. The monoisotopic (exact) mass is 308 g/mol. The zero-order valence-electron chi connectivity index (χ0n) is 11.5. The molecule has 21 heavy (non-hydrogen) atoms. The minimum absolute atomic E-state index is 0.0161. The molecule has 0 spiro atoms. The molecule has 2 fully saturated rings. The van der Waals surface area contributed by atoms with Crippen LogP contribution in [-0.2, 0) is 12.7 Å². The van der Waals surface area contributed by atoms with Crippen LogP contribution in [0.4, 0.5) is 22.0 Å². The third-order valence-electron chi connectivity index (χ3n) is 4.34. The highest BCUT2D eigenvalue weighted by Crippen LogP contribution is 2.45. The third kappa shape index (κ3) is 3.37. The van der Waals surface area contributed by atoms with Gasteiger partial charge >= 0.3 is 6.18 Å². The Labute approximate surface area is 119 Å². The molecule has 0 unspecified atom stereocenters. The number of hydrogen-bond donors (Lipinski definition) is 0. The van der Waals surface area contributed by atoms with Gasteiger partial charge in [-0.05, 0) is 31.6 Å². The number of rotatable bonds is 3. The lowest BCUT2D eigenvalue weighted by atomic mass is 9.87. The molecular formula is C14H17F5N2. The fourth-order valence-electron chi connectivity index (χ4n) is 2.95. The molecule has 2 nitrogen and oxygen atoms in total. The highest BCUT2D eigenvalue weighted by atomic mass is 19.4. The quantitative estimate of drug-likeness (QED) is 0.746. The van der Waals surface area contributed by atoms with E-state index in [1.807, 2.05) is 0 Å². The first kappa shape index (κ1) is 14.8. The van der Waals surface area contributed by atoms with Gasteiger partial charge in [-0.1, -0.05) is 0 Å². The molecule has 1 aromatic rings. The van der Waals surface area contributed by atoms with Crippen LogP contribution in [-0.4, -0.2) is 15.7 Å². The zero-order chi connectivity index (χ0) is 15.3. The van der Waals surface area contributed by atoms with Crippen LogP contribution < -0.4 is 0 Å². The summed E-state index contributed by atoms with van der Waals surface area (Å²) in [5.74, 6) is -2.71. The van der Waals surface area contributed by atoms with Crippen LogP contribution in [0.2, 0.25) is 0 Å². The fourth-order valence-corrected chi connectivity index (χ4v) is 2.95. The first-order chi connectivity index (χ1) is 9.74. The lowest BCUT2D eigenvalue weighted by Crippen LogP contribution is -2.26. The van der Waals surface area contributed by atoms with Crippen molar-refractivity contribution in [2.75, 3.05) is 0 Å². The van der Waals surface area contributed by atoms with E-state index in [-0.39, 0.29) is 30.4 Å². The summed E-state index contributed by atoms with van der Waals surface area (Å²) in [5, 5.41) is 4.08. The molecule has 0 N–H and O–H groups in total. The SMILES string of the molecule is FC1(F)CCC(Cn2cc(C(F)(F)F)c(C3CC3)n2)CC1. The number of hydrogen-bond acceptors (Lipinski definition) is 1. The van der Waals surface area contributed by atoms with E-state index in [0.717, 1.165) is 19.0 Å². The predicted octanol–water partition coefficient (Wildman–Crippen LogP) is 4.60. The van der Waals surface area contributed by atoms with Gasteiger partial charge in [-0.15, -0.1) is 0 Å². The van der Waals surface area contributed by atoms with E-state index >= 15 is 0 Å². The van der Waals surface area contributed by atoms with E-state index in [1.165, 1.54) is 4.68 Å². The molecule has 1 aromatic heterocycles. The first-order valence-electron chi connectivity index (χ1n) is 7.27. The van der Waals surface area contributed by atoms with E-state index in [9.17, 15) is 22.0 Å². The van der Waals surface area contributed by atoms with Crippen molar-refractivity contribution in [3.8, 4) is 0 Å². The molecule has 0 saturated heterocycles. The molecule has 0 radical (unpaired) electrons. The number of alkyl halides is 5. The second kappa shape index (κ2) is 4.95. The Hall–Kier alpha value is -1.14. The van der Waals surface area contributed by atoms with Crippen LogP contribution in [0.5, 0.6) is 0 Å². The number of halogens is 5. The maximum atomic E-state index is 13.1. The second-order valence-electron chi connectivity index (χ2n) is 6.22. The van der Waals surface area contributed by atoms with Crippen molar-refractivity contribution in [3.63, 3.8) is 0 Å². The Kier molecular flexibility index (Phi) is 3.48. The van der Waals surface area contributed by atoms with Gasteiger partial charge in [0.2, 0.25) is 5.92 Å². The van der Waals surface area contributed by atoms with Gasteiger partial charge in [0.15, 0.2) is 0 Å².